The lowest BCUT2D eigenvalue weighted by Crippen LogP contribution is -2.41. The SMILES string of the molecule is CS(=O)(=O)c1ccc(Nc2cccc(OC3CCN(C(=O)O)CC3)n2)c(F)c1. The summed E-state index contributed by atoms with van der Waals surface area (Å²) in [5.74, 6) is -0.0319. The zero-order chi connectivity index (χ0) is 20.3. The number of piperidine rings is 1. The van der Waals surface area contributed by atoms with Crippen molar-refractivity contribution in [3.63, 3.8) is 0 Å². The summed E-state index contributed by atoms with van der Waals surface area (Å²) in [6, 6.07) is 8.59. The third kappa shape index (κ3) is 4.89. The highest BCUT2D eigenvalue weighted by molar-refractivity contribution is 7.90. The zero-order valence-electron chi connectivity index (χ0n) is 15.1. The van der Waals surface area contributed by atoms with Crippen LogP contribution in [-0.2, 0) is 9.84 Å². The topological polar surface area (TPSA) is 109 Å². The molecule has 10 heteroatoms. The first kappa shape index (κ1) is 19.9. The van der Waals surface area contributed by atoms with Crippen LogP contribution in [-0.4, -0.2) is 55.0 Å². The monoisotopic (exact) mass is 409 g/mol. The number of ether oxygens (including phenoxy) is 1. The molecule has 1 aromatic carbocycles. The second-order valence-electron chi connectivity index (χ2n) is 6.49. The van der Waals surface area contributed by atoms with Crippen LogP contribution in [0.15, 0.2) is 41.3 Å². The van der Waals surface area contributed by atoms with Crippen molar-refractivity contribution in [2.24, 2.45) is 0 Å². The van der Waals surface area contributed by atoms with Gasteiger partial charge in [0, 0.05) is 38.3 Å². The van der Waals surface area contributed by atoms with E-state index in [0.29, 0.717) is 37.6 Å². The standard InChI is InChI=1S/C18H20FN3O5S/c1-28(25,26)13-5-6-15(14(19)11-13)20-16-3-2-4-17(21-16)27-12-7-9-22(10-8-12)18(23)24/h2-6,11-12H,7-10H2,1H3,(H,20,21)(H,23,24). The summed E-state index contributed by atoms with van der Waals surface area (Å²) in [6.07, 6.45) is 1.05. The average molecular weight is 409 g/mol. The molecule has 0 spiro atoms. The summed E-state index contributed by atoms with van der Waals surface area (Å²) in [5, 5.41) is 11.8. The molecular formula is C18H20FN3O5S. The number of sulfone groups is 1. The lowest BCUT2D eigenvalue weighted by atomic mass is 10.1. The lowest BCUT2D eigenvalue weighted by molar-refractivity contribution is 0.0872. The molecule has 1 fully saturated rings. The largest absolute Gasteiger partial charge is 0.474 e. The van der Waals surface area contributed by atoms with Crippen molar-refractivity contribution in [2.75, 3.05) is 24.7 Å². The van der Waals surface area contributed by atoms with Gasteiger partial charge in [-0.1, -0.05) is 6.07 Å². The Hall–Kier alpha value is -2.88. The van der Waals surface area contributed by atoms with Gasteiger partial charge in [0.05, 0.1) is 10.6 Å². The number of benzene rings is 1. The molecule has 0 bridgehead atoms. The summed E-state index contributed by atoms with van der Waals surface area (Å²) in [7, 11) is -3.49. The molecule has 0 atom stereocenters. The molecule has 2 N–H and O–H groups in total. The molecule has 3 rings (SSSR count). The first-order valence-electron chi connectivity index (χ1n) is 8.60. The Morgan fingerprint density at radius 1 is 1.29 bits per heavy atom. The Morgan fingerprint density at radius 3 is 2.61 bits per heavy atom. The van der Waals surface area contributed by atoms with Gasteiger partial charge >= 0.3 is 6.09 Å². The molecule has 150 valence electrons. The average Bonchev–Trinajstić information content (AvgIpc) is 2.63. The molecule has 1 aliphatic rings. The maximum atomic E-state index is 14.2. The number of amides is 1. The van der Waals surface area contributed by atoms with Crippen molar-refractivity contribution >= 4 is 27.4 Å². The molecule has 1 aromatic heterocycles. The van der Waals surface area contributed by atoms with Gasteiger partial charge in [0.15, 0.2) is 9.84 Å². The van der Waals surface area contributed by atoms with Crippen molar-refractivity contribution < 1.29 is 27.4 Å². The van der Waals surface area contributed by atoms with Crippen LogP contribution in [0.5, 0.6) is 5.88 Å². The van der Waals surface area contributed by atoms with E-state index in [4.69, 9.17) is 9.84 Å². The van der Waals surface area contributed by atoms with Gasteiger partial charge in [0.25, 0.3) is 0 Å². The Kier molecular flexibility index (Phi) is 5.68. The number of carbonyl (C=O) groups is 1. The second kappa shape index (κ2) is 8.01. The molecule has 2 heterocycles. The number of hydrogen-bond donors (Lipinski definition) is 2. The Morgan fingerprint density at radius 2 is 2.00 bits per heavy atom. The number of carboxylic acid groups (broad SMARTS) is 1. The van der Waals surface area contributed by atoms with Crippen LogP contribution in [0.3, 0.4) is 0 Å². The molecule has 2 aromatic rings. The number of likely N-dealkylation sites (tertiary alicyclic amines) is 1. The van der Waals surface area contributed by atoms with Gasteiger partial charge in [-0.3, -0.25) is 0 Å². The third-order valence-corrected chi connectivity index (χ3v) is 5.47. The predicted molar refractivity (Wildman–Crippen MR) is 100 cm³/mol. The van der Waals surface area contributed by atoms with Crippen LogP contribution in [0.2, 0.25) is 0 Å². The third-order valence-electron chi connectivity index (χ3n) is 4.35. The molecule has 1 amide bonds. The summed E-state index contributed by atoms with van der Waals surface area (Å²) in [6.45, 7) is 0.797. The van der Waals surface area contributed by atoms with Crippen molar-refractivity contribution in [1.29, 1.82) is 0 Å². The summed E-state index contributed by atoms with van der Waals surface area (Å²) >= 11 is 0. The van der Waals surface area contributed by atoms with E-state index in [2.05, 4.69) is 10.3 Å². The Bertz CT molecular complexity index is 975. The summed E-state index contributed by atoms with van der Waals surface area (Å²) in [5.41, 5.74) is 0.0896. The quantitative estimate of drug-likeness (QED) is 0.781. The van der Waals surface area contributed by atoms with Crippen LogP contribution in [0.25, 0.3) is 0 Å². The highest BCUT2D eigenvalue weighted by Gasteiger charge is 2.23. The fourth-order valence-electron chi connectivity index (χ4n) is 2.85. The minimum absolute atomic E-state index is 0.0896. The van der Waals surface area contributed by atoms with Crippen LogP contribution in [0, 0.1) is 5.82 Å². The Labute approximate surface area is 161 Å². The number of aromatic nitrogens is 1. The lowest BCUT2D eigenvalue weighted by Gasteiger charge is -2.29. The van der Waals surface area contributed by atoms with Gasteiger partial charge in [0.2, 0.25) is 5.88 Å². The zero-order valence-corrected chi connectivity index (χ0v) is 15.9. The minimum atomic E-state index is -3.49. The van der Waals surface area contributed by atoms with E-state index in [-0.39, 0.29) is 16.7 Å². The molecule has 0 aliphatic carbocycles. The van der Waals surface area contributed by atoms with E-state index in [9.17, 15) is 17.6 Å². The highest BCUT2D eigenvalue weighted by atomic mass is 32.2. The van der Waals surface area contributed by atoms with Crippen LogP contribution in [0.1, 0.15) is 12.8 Å². The molecular weight excluding hydrogens is 389 g/mol. The van der Waals surface area contributed by atoms with Gasteiger partial charge in [-0.15, -0.1) is 0 Å². The van der Waals surface area contributed by atoms with E-state index in [0.717, 1.165) is 12.3 Å². The fraction of sp³-hybridized carbons (Fsp3) is 0.333. The number of rotatable bonds is 5. The molecule has 28 heavy (non-hydrogen) atoms. The highest BCUT2D eigenvalue weighted by Crippen LogP contribution is 2.24. The van der Waals surface area contributed by atoms with Gasteiger partial charge in [-0.25, -0.2) is 17.6 Å². The number of nitrogens with zero attached hydrogens (tertiary/aromatic N) is 2. The van der Waals surface area contributed by atoms with Gasteiger partial charge in [-0.05, 0) is 24.3 Å². The van der Waals surface area contributed by atoms with E-state index in [1.54, 1.807) is 18.2 Å². The van der Waals surface area contributed by atoms with Crippen LogP contribution >= 0.6 is 0 Å². The number of hydrogen-bond acceptors (Lipinski definition) is 6. The number of pyridine rings is 1. The smallest absolute Gasteiger partial charge is 0.407 e. The molecule has 0 saturated carbocycles. The number of anilines is 2. The molecule has 1 saturated heterocycles. The molecule has 8 nitrogen and oxygen atoms in total. The number of nitrogens with one attached hydrogen (secondary N) is 1. The number of halogens is 1. The van der Waals surface area contributed by atoms with Crippen molar-refractivity contribution in [3.8, 4) is 5.88 Å². The molecule has 0 radical (unpaired) electrons. The summed E-state index contributed by atoms with van der Waals surface area (Å²) in [4.78, 5) is 16.5. The van der Waals surface area contributed by atoms with Crippen molar-refractivity contribution in [1.82, 2.24) is 9.88 Å². The van der Waals surface area contributed by atoms with Crippen molar-refractivity contribution in [2.45, 2.75) is 23.8 Å². The van der Waals surface area contributed by atoms with Gasteiger partial charge in [-0.2, -0.15) is 4.98 Å². The molecule has 0 unspecified atom stereocenters. The Balaban J connectivity index is 1.66. The van der Waals surface area contributed by atoms with E-state index < -0.39 is 21.7 Å². The maximum Gasteiger partial charge on any atom is 0.407 e. The fourth-order valence-corrected chi connectivity index (χ4v) is 3.48. The molecule has 1 aliphatic heterocycles. The van der Waals surface area contributed by atoms with Gasteiger partial charge in [0.1, 0.15) is 17.7 Å². The van der Waals surface area contributed by atoms with Gasteiger partial charge < -0.3 is 20.1 Å². The van der Waals surface area contributed by atoms with E-state index in [1.807, 2.05) is 0 Å². The van der Waals surface area contributed by atoms with Crippen molar-refractivity contribution in [3.05, 3.63) is 42.2 Å². The maximum absolute atomic E-state index is 14.2. The van der Waals surface area contributed by atoms with Crippen LogP contribution < -0.4 is 10.1 Å². The normalized spacial score (nSPS) is 15.3. The van der Waals surface area contributed by atoms with Crippen LogP contribution in [0.4, 0.5) is 20.7 Å². The second-order valence-corrected chi connectivity index (χ2v) is 8.50. The first-order chi connectivity index (χ1) is 13.2. The van der Waals surface area contributed by atoms with E-state index >= 15 is 0 Å². The summed E-state index contributed by atoms with van der Waals surface area (Å²) < 4.78 is 43.0. The minimum Gasteiger partial charge on any atom is -0.474 e. The van der Waals surface area contributed by atoms with E-state index in [1.165, 1.54) is 17.0 Å². The first-order valence-corrected chi connectivity index (χ1v) is 10.5. The predicted octanol–water partition coefficient (Wildman–Crippen LogP) is 2.89.